The van der Waals surface area contributed by atoms with Gasteiger partial charge in [-0.3, -0.25) is 14.5 Å². The monoisotopic (exact) mass is 405 g/mol. The first-order chi connectivity index (χ1) is 14.0. The van der Waals surface area contributed by atoms with Crippen molar-refractivity contribution in [3.05, 3.63) is 17.7 Å². The van der Waals surface area contributed by atoms with Crippen molar-refractivity contribution in [3.8, 4) is 17.2 Å². The largest absolute Gasteiger partial charge is 0.496 e. The van der Waals surface area contributed by atoms with E-state index in [0.717, 1.165) is 24.4 Å². The summed E-state index contributed by atoms with van der Waals surface area (Å²) in [5.41, 5.74) is 1.02. The standard InChI is InChI=1S/C21H31N3O5/c1-5-23-14-16(11-20(23)25)21(26)24-8-6-22(7-9-24)13-15-10-18(28-3)19(29-4)12-17(15)27-2/h10,12,16H,5-9,11,13-14H2,1-4H3/t16-/m1/s1. The lowest BCUT2D eigenvalue weighted by Crippen LogP contribution is -2.50. The number of carbonyl (C=O) groups is 2. The van der Waals surface area contributed by atoms with Crippen LogP contribution in [0.3, 0.4) is 0 Å². The maximum atomic E-state index is 12.8. The molecule has 8 heteroatoms. The fourth-order valence-corrected chi connectivity index (χ4v) is 4.08. The first-order valence-electron chi connectivity index (χ1n) is 10.1. The van der Waals surface area contributed by atoms with E-state index in [9.17, 15) is 9.59 Å². The molecule has 2 aliphatic heterocycles. The van der Waals surface area contributed by atoms with E-state index in [2.05, 4.69) is 4.90 Å². The molecule has 0 radical (unpaired) electrons. The molecule has 3 rings (SSSR count). The van der Waals surface area contributed by atoms with Gasteiger partial charge >= 0.3 is 0 Å². The van der Waals surface area contributed by atoms with Crippen LogP contribution in [0.5, 0.6) is 17.2 Å². The Kier molecular flexibility index (Phi) is 6.84. The molecule has 0 aromatic heterocycles. The van der Waals surface area contributed by atoms with Crippen LogP contribution in [0, 0.1) is 5.92 Å². The maximum absolute atomic E-state index is 12.8. The van der Waals surface area contributed by atoms with Crippen LogP contribution in [-0.2, 0) is 16.1 Å². The fraction of sp³-hybridized carbons (Fsp3) is 0.619. The first kappa shape index (κ1) is 21.2. The van der Waals surface area contributed by atoms with E-state index in [-0.39, 0.29) is 17.7 Å². The number of nitrogens with zero attached hydrogens (tertiary/aromatic N) is 3. The highest BCUT2D eigenvalue weighted by Crippen LogP contribution is 2.35. The molecule has 0 aliphatic carbocycles. The van der Waals surface area contributed by atoms with Gasteiger partial charge in [0.25, 0.3) is 0 Å². The van der Waals surface area contributed by atoms with Gasteiger partial charge in [-0.15, -0.1) is 0 Å². The molecule has 160 valence electrons. The van der Waals surface area contributed by atoms with Crippen LogP contribution >= 0.6 is 0 Å². The number of piperazine rings is 1. The van der Waals surface area contributed by atoms with Gasteiger partial charge in [0, 0.05) is 63.9 Å². The summed E-state index contributed by atoms with van der Waals surface area (Å²) in [7, 11) is 4.86. The molecule has 2 fully saturated rings. The fourth-order valence-electron chi connectivity index (χ4n) is 4.08. The average Bonchev–Trinajstić information content (AvgIpc) is 3.14. The Morgan fingerprint density at radius 1 is 1.00 bits per heavy atom. The smallest absolute Gasteiger partial charge is 0.228 e. The van der Waals surface area contributed by atoms with Crippen molar-refractivity contribution < 1.29 is 23.8 Å². The van der Waals surface area contributed by atoms with Crippen molar-refractivity contribution in [3.63, 3.8) is 0 Å². The molecule has 0 bridgehead atoms. The van der Waals surface area contributed by atoms with E-state index in [1.54, 1.807) is 26.2 Å². The number of ether oxygens (including phenoxy) is 3. The Hall–Kier alpha value is -2.48. The molecule has 1 atom stereocenters. The number of carbonyl (C=O) groups excluding carboxylic acids is 2. The van der Waals surface area contributed by atoms with Gasteiger partial charge in [0.2, 0.25) is 11.8 Å². The van der Waals surface area contributed by atoms with Gasteiger partial charge in [0.15, 0.2) is 11.5 Å². The van der Waals surface area contributed by atoms with Crippen molar-refractivity contribution >= 4 is 11.8 Å². The summed E-state index contributed by atoms with van der Waals surface area (Å²) in [6.07, 6.45) is 0.343. The van der Waals surface area contributed by atoms with E-state index in [0.29, 0.717) is 50.6 Å². The molecular formula is C21H31N3O5. The molecule has 1 aromatic rings. The van der Waals surface area contributed by atoms with Crippen molar-refractivity contribution in [2.45, 2.75) is 19.9 Å². The third-order valence-electron chi connectivity index (χ3n) is 5.81. The molecule has 29 heavy (non-hydrogen) atoms. The molecule has 1 aromatic carbocycles. The number of benzene rings is 1. The lowest BCUT2D eigenvalue weighted by molar-refractivity contribution is -0.137. The van der Waals surface area contributed by atoms with Gasteiger partial charge < -0.3 is 24.0 Å². The van der Waals surface area contributed by atoms with Crippen molar-refractivity contribution in [1.82, 2.24) is 14.7 Å². The second kappa shape index (κ2) is 9.35. The zero-order chi connectivity index (χ0) is 21.0. The summed E-state index contributed by atoms with van der Waals surface area (Å²) in [6, 6.07) is 3.78. The molecule has 2 heterocycles. The quantitative estimate of drug-likeness (QED) is 0.679. The van der Waals surface area contributed by atoms with Crippen LogP contribution in [0.1, 0.15) is 18.9 Å². The van der Waals surface area contributed by atoms with Crippen LogP contribution in [0.2, 0.25) is 0 Å². The van der Waals surface area contributed by atoms with Crippen LogP contribution < -0.4 is 14.2 Å². The lowest BCUT2D eigenvalue weighted by Gasteiger charge is -2.36. The van der Waals surface area contributed by atoms with Gasteiger partial charge in [-0.2, -0.15) is 0 Å². The Morgan fingerprint density at radius 3 is 2.17 bits per heavy atom. The van der Waals surface area contributed by atoms with Gasteiger partial charge in [0.1, 0.15) is 5.75 Å². The number of hydrogen-bond donors (Lipinski definition) is 0. The van der Waals surface area contributed by atoms with Crippen molar-refractivity contribution in [1.29, 1.82) is 0 Å². The number of amides is 2. The predicted octanol–water partition coefficient (Wildman–Crippen LogP) is 1.23. The van der Waals surface area contributed by atoms with E-state index in [1.807, 2.05) is 24.0 Å². The minimum atomic E-state index is -0.194. The minimum absolute atomic E-state index is 0.0880. The van der Waals surface area contributed by atoms with Crippen LogP contribution in [-0.4, -0.2) is 87.1 Å². The predicted molar refractivity (Wildman–Crippen MR) is 108 cm³/mol. The van der Waals surface area contributed by atoms with Gasteiger partial charge in [-0.1, -0.05) is 0 Å². The highest BCUT2D eigenvalue weighted by atomic mass is 16.5. The summed E-state index contributed by atoms with van der Waals surface area (Å²) in [5, 5.41) is 0. The van der Waals surface area contributed by atoms with Gasteiger partial charge in [0.05, 0.1) is 27.2 Å². The Morgan fingerprint density at radius 2 is 1.62 bits per heavy atom. The van der Waals surface area contributed by atoms with Crippen molar-refractivity contribution in [2.75, 3.05) is 60.6 Å². The summed E-state index contributed by atoms with van der Waals surface area (Å²) in [4.78, 5) is 30.7. The second-order valence-corrected chi connectivity index (χ2v) is 7.45. The van der Waals surface area contributed by atoms with E-state index >= 15 is 0 Å². The highest BCUT2D eigenvalue weighted by Gasteiger charge is 2.36. The van der Waals surface area contributed by atoms with Crippen molar-refractivity contribution in [2.24, 2.45) is 5.92 Å². The summed E-state index contributed by atoms with van der Waals surface area (Å²) in [5.74, 6) is 2.06. The van der Waals surface area contributed by atoms with Gasteiger partial charge in [-0.25, -0.2) is 0 Å². The second-order valence-electron chi connectivity index (χ2n) is 7.45. The SMILES string of the molecule is CCN1C[C@H](C(=O)N2CCN(Cc3cc(OC)c(OC)cc3OC)CC2)CC1=O. The zero-order valence-corrected chi connectivity index (χ0v) is 17.8. The lowest BCUT2D eigenvalue weighted by atomic mass is 10.1. The molecule has 8 nitrogen and oxygen atoms in total. The zero-order valence-electron chi connectivity index (χ0n) is 17.8. The molecule has 2 aliphatic rings. The highest BCUT2D eigenvalue weighted by molar-refractivity contribution is 5.89. The number of likely N-dealkylation sites (tertiary alicyclic amines) is 1. The third kappa shape index (κ3) is 4.58. The number of hydrogen-bond acceptors (Lipinski definition) is 6. The van der Waals surface area contributed by atoms with Crippen LogP contribution in [0.15, 0.2) is 12.1 Å². The summed E-state index contributed by atoms with van der Waals surface area (Å²) < 4.78 is 16.3. The topological polar surface area (TPSA) is 71.6 Å². The summed E-state index contributed by atoms with van der Waals surface area (Å²) >= 11 is 0. The Labute approximate surface area is 172 Å². The first-order valence-corrected chi connectivity index (χ1v) is 10.1. The van der Waals surface area contributed by atoms with Crippen LogP contribution in [0.25, 0.3) is 0 Å². The normalized spacial score (nSPS) is 20.1. The molecule has 0 spiro atoms. The maximum Gasteiger partial charge on any atom is 0.228 e. The number of rotatable bonds is 7. The Bertz CT molecular complexity index is 746. The molecule has 2 amide bonds. The number of methoxy groups -OCH3 is 3. The van der Waals surface area contributed by atoms with E-state index < -0.39 is 0 Å². The average molecular weight is 405 g/mol. The van der Waals surface area contributed by atoms with Gasteiger partial charge in [-0.05, 0) is 13.0 Å². The molecule has 0 saturated carbocycles. The van der Waals surface area contributed by atoms with E-state index in [1.165, 1.54) is 0 Å². The molecular weight excluding hydrogens is 374 g/mol. The molecule has 0 N–H and O–H groups in total. The molecule has 0 unspecified atom stereocenters. The minimum Gasteiger partial charge on any atom is -0.496 e. The van der Waals surface area contributed by atoms with Crippen LogP contribution in [0.4, 0.5) is 0 Å². The summed E-state index contributed by atoms with van der Waals surface area (Å²) in [6.45, 7) is 6.78. The molecule has 2 saturated heterocycles. The third-order valence-corrected chi connectivity index (χ3v) is 5.81. The Balaban J connectivity index is 1.59. The van der Waals surface area contributed by atoms with E-state index in [4.69, 9.17) is 14.2 Å².